The number of nitrogens with one attached hydrogen (secondary N) is 1. The van der Waals surface area contributed by atoms with Crippen LogP contribution in [0.2, 0.25) is 0 Å². The minimum absolute atomic E-state index is 0.0420. The molecule has 1 saturated heterocycles. The molecule has 2 atom stereocenters. The van der Waals surface area contributed by atoms with Gasteiger partial charge in [0.2, 0.25) is 5.91 Å². The van der Waals surface area contributed by atoms with Crippen molar-refractivity contribution in [3.63, 3.8) is 0 Å². The molecule has 9 heteroatoms. The third-order valence-electron chi connectivity index (χ3n) is 6.86. The molecule has 7 nitrogen and oxygen atoms in total. The lowest BCUT2D eigenvalue weighted by atomic mass is 10.0. The summed E-state index contributed by atoms with van der Waals surface area (Å²) in [6.07, 6.45) is 3.91. The number of alkyl halides is 1. The van der Waals surface area contributed by atoms with Gasteiger partial charge in [-0.05, 0) is 40.0 Å². The molecule has 2 heterocycles. The zero-order chi connectivity index (χ0) is 28.8. The van der Waals surface area contributed by atoms with E-state index < -0.39 is 17.4 Å². The third kappa shape index (κ3) is 6.66. The zero-order valence-electron chi connectivity index (χ0n) is 22.4. The average molecular weight is 589 g/mol. The van der Waals surface area contributed by atoms with Crippen LogP contribution in [0.5, 0.6) is 5.75 Å². The first-order valence-electron chi connectivity index (χ1n) is 13.1. The number of fused-ring (bicyclic) bond motifs is 1. The van der Waals surface area contributed by atoms with Gasteiger partial charge < -0.3 is 14.8 Å². The van der Waals surface area contributed by atoms with Crippen LogP contribution in [0.15, 0.2) is 96.2 Å². The Balaban J connectivity index is 1.34. The van der Waals surface area contributed by atoms with Crippen molar-refractivity contribution < 1.29 is 23.9 Å². The molecule has 0 saturated carbocycles. The molecule has 210 valence electrons. The standard InChI is InChI=1S/C32H29ClN2O5S/c1-39-26-15-12-24(13-16-26)19-40-32(38)29-25(14-11-21-7-9-23(18-33)10-8-21)20-41-31-28(30(37)35(29)31)34-27(36)17-22-5-3-2-4-6-22/h2-16,28,31H,17-20H2,1H3,(H,34,36)/b14-11+/t28-,31+/m1/s1. The number of methoxy groups -OCH3 is 1. The van der Waals surface area contributed by atoms with Crippen LogP contribution >= 0.6 is 23.4 Å². The molecule has 0 aromatic heterocycles. The Morgan fingerprint density at radius 1 is 0.976 bits per heavy atom. The highest BCUT2D eigenvalue weighted by molar-refractivity contribution is 8.00. The lowest BCUT2D eigenvalue weighted by molar-refractivity contribution is -0.153. The van der Waals surface area contributed by atoms with Gasteiger partial charge >= 0.3 is 5.97 Å². The van der Waals surface area contributed by atoms with Crippen molar-refractivity contribution in [2.75, 3.05) is 12.9 Å². The van der Waals surface area contributed by atoms with Gasteiger partial charge in [0, 0.05) is 11.6 Å². The van der Waals surface area contributed by atoms with E-state index in [2.05, 4.69) is 5.32 Å². The number of hydrogen-bond donors (Lipinski definition) is 1. The number of benzene rings is 3. The third-order valence-corrected chi connectivity index (χ3v) is 8.47. The SMILES string of the molecule is COc1ccc(COC(=O)C2=C(/C=C/c3ccc(CCl)cc3)CS[C@H]3[C@H](NC(=O)Cc4ccccc4)C(=O)N23)cc1. The van der Waals surface area contributed by atoms with E-state index in [4.69, 9.17) is 21.1 Å². The average Bonchev–Trinajstić information content (AvgIpc) is 3.02. The van der Waals surface area contributed by atoms with Crippen LogP contribution in [-0.2, 0) is 38.0 Å². The molecular weight excluding hydrogens is 560 g/mol. The van der Waals surface area contributed by atoms with E-state index in [1.165, 1.54) is 16.7 Å². The Hall–Kier alpha value is -4.01. The Kier molecular flexibility index (Phi) is 9.11. The number of carbonyl (C=O) groups is 3. The van der Waals surface area contributed by atoms with Gasteiger partial charge in [-0.15, -0.1) is 23.4 Å². The summed E-state index contributed by atoms with van der Waals surface area (Å²) in [5, 5.41) is 2.46. The van der Waals surface area contributed by atoms with Gasteiger partial charge in [0.25, 0.3) is 5.91 Å². The van der Waals surface area contributed by atoms with Crippen molar-refractivity contribution in [1.29, 1.82) is 0 Å². The second kappa shape index (κ2) is 13.1. The number of rotatable bonds is 10. The van der Waals surface area contributed by atoms with Crippen LogP contribution in [0.3, 0.4) is 0 Å². The number of thioether (sulfide) groups is 1. The van der Waals surface area contributed by atoms with E-state index >= 15 is 0 Å². The number of halogens is 1. The van der Waals surface area contributed by atoms with Crippen molar-refractivity contribution >= 4 is 47.2 Å². The van der Waals surface area contributed by atoms with Crippen LogP contribution in [0.25, 0.3) is 6.08 Å². The number of esters is 1. The fraction of sp³-hybridized carbons (Fsp3) is 0.219. The lowest BCUT2D eigenvalue weighted by Gasteiger charge is -2.49. The minimum Gasteiger partial charge on any atom is -0.497 e. The molecule has 0 bridgehead atoms. The molecule has 3 aromatic carbocycles. The zero-order valence-corrected chi connectivity index (χ0v) is 24.0. The van der Waals surface area contributed by atoms with Crippen molar-refractivity contribution in [3.05, 3.63) is 118 Å². The summed E-state index contributed by atoms with van der Waals surface area (Å²) in [6.45, 7) is 0.0420. The highest BCUT2D eigenvalue weighted by Crippen LogP contribution is 2.41. The summed E-state index contributed by atoms with van der Waals surface area (Å²) in [5.74, 6) is 0.435. The van der Waals surface area contributed by atoms with Crippen molar-refractivity contribution in [1.82, 2.24) is 10.2 Å². The summed E-state index contributed by atoms with van der Waals surface area (Å²) < 4.78 is 10.9. The van der Waals surface area contributed by atoms with Gasteiger partial charge in [0.15, 0.2) is 0 Å². The number of carbonyl (C=O) groups excluding carboxylic acids is 3. The number of ether oxygens (including phenoxy) is 2. The van der Waals surface area contributed by atoms with E-state index in [0.29, 0.717) is 23.0 Å². The fourth-order valence-corrected chi connectivity index (χ4v) is 6.12. The second-order valence-electron chi connectivity index (χ2n) is 9.62. The van der Waals surface area contributed by atoms with Gasteiger partial charge in [0.05, 0.1) is 13.5 Å². The van der Waals surface area contributed by atoms with Crippen LogP contribution in [0, 0.1) is 0 Å². The largest absolute Gasteiger partial charge is 0.497 e. The first kappa shape index (κ1) is 28.5. The van der Waals surface area contributed by atoms with Crippen LogP contribution in [0.1, 0.15) is 22.3 Å². The maximum Gasteiger partial charge on any atom is 0.355 e. The summed E-state index contributed by atoms with van der Waals surface area (Å²) in [6, 6.07) is 23.6. The predicted molar refractivity (Wildman–Crippen MR) is 160 cm³/mol. The smallest absolute Gasteiger partial charge is 0.355 e. The molecular formula is C32H29ClN2O5S. The molecule has 1 N–H and O–H groups in total. The van der Waals surface area contributed by atoms with Crippen LogP contribution in [-0.4, -0.2) is 47.0 Å². The molecule has 0 spiro atoms. The highest BCUT2D eigenvalue weighted by Gasteiger charge is 2.54. The maximum atomic E-state index is 13.5. The quantitative estimate of drug-likeness (QED) is 0.202. The van der Waals surface area contributed by atoms with E-state index in [9.17, 15) is 14.4 Å². The van der Waals surface area contributed by atoms with Gasteiger partial charge in [-0.3, -0.25) is 14.5 Å². The predicted octanol–water partition coefficient (Wildman–Crippen LogP) is 5.09. The second-order valence-corrected chi connectivity index (χ2v) is 11.0. The molecule has 2 amide bonds. The number of nitrogens with zero attached hydrogens (tertiary/aromatic N) is 1. The molecule has 1 fully saturated rings. The molecule has 3 aromatic rings. The van der Waals surface area contributed by atoms with Crippen molar-refractivity contribution in [2.24, 2.45) is 0 Å². The first-order valence-corrected chi connectivity index (χ1v) is 14.7. The molecule has 41 heavy (non-hydrogen) atoms. The highest BCUT2D eigenvalue weighted by atomic mass is 35.5. The first-order chi connectivity index (χ1) is 20.0. The molecule has 0 unspecified atom stereocenters. The summed E-state index contributed by atoms with van der Waals surface area (Å²) in [5.41, 5.74) is 4.47. The van der Waals surface area contributed by atoms with Crippen LogP contribution < -0.4 is 10.1 Å². The van der Waals surface area contributed by atoms with Crippen molar-refractivity contribution in [2.45, 2.75) is 30.3 Å². The van der Waals surface area contributed by atoms with E-state index in [1.54, 1.807) is 19.2 Å². The molecule has 2 aliphatic heterocycles. The van der Waals surface area contributed by atoms with Gasteiger partial charge in [0.1, 0.15) is 29.5 Å². The number of amides is 2. The number of allylic oxidation sites excluding steroid dienone is 1. The lowest BCUT2D eigenvalue weighted by Crippen LogP contribution is -2.70. The molecule has 5 rings (SSSR count). The van der Waals surface area contributed by atoms with E-state index in [1.807, 2.05) is 78.9 Å². The molecule has 0 aliphatic carbocycles. The fourth-order valence-electron chi connectivity index (χ4n) is 4.62. The molecule has 2 aliphatic rings. The Labute approximate surface area is 248 Å². The number of β-lactam (4-membered cyclic amide) rings is 1. The van der Waals surface area contributed by atoms with E-state index in [0.717, 1.165) is 22.3 Å². The molecule has 0 radical (unpaired) electrons. The van der Waals surface area contributed by atoms with Gasteiger partial charge in [-0.25, -0.2) is 4.79 Å². The Bertz CT molecular complexity index is 1470. The minimum atomic E-state index is -0.714. The summed E-state index contributed by atoms with van der Waals surface area (Å²) in [7, 11) is 1.59. The van der Waals surface area contributed by atoms with Gasteiger partial charge in [-0.1, -0.05) is 78.9 Å². The van der Waals surface area contributed by atoms with E-state index in [-0.39, 0.29) is 30.5 Å². The Morgan fingerprint density at radius 2 is 1.68 bits per heavy atom. The number of hydrogen-bond acceptors (Lipinski definition) is 6. The topological polar surface area (TPSA) is 84.9 Å². The normalized spacial score (nSPS) is 18.1. The maximum absolute atomic E-state index is 13.5. The Morgan fingerprint density at radius 3 is 2.37 bits per heavy atom. The monoisotopic (exact) mass is 588 g/mol. The van der Waals surface area contributed by atoms with Gasteiger partial charge in [-0.2, -0.15) is 0 Å². The van der Waals surface area contributed by atoms with Crippen molar-refractivity contribution in [3.8, 4) is 5.75 Å². The van der Waals surface area contributed by atoms with Crippen LogP contribution in [0.4, 0.5) is 0 Å². The summed E-state index contributed by atoms with van der Waals surface area (Å²) >= 11 is 7.41. The summed E-state index contributed by atoms with van der Waals surface area (Å²) in [4.78, 5) is 41.0.